The number of fused-ring (bicyclic) bond motifs is 1. The van der Waals surface area contributed by atoms with Crippen molar-refractivity contribution in [1.82, 2.24) is 10.2 Å². The lowest BCUT2D eigenvalue weighted by Crippen LogP contribution is -2.53. The van der Waals surface area contributed by atoms with Crippen molar-refractivity contribution in [2.45, 2.75) is 32.9 Å². The maximum Gasteiger partial charge on any atom is 0.244 e. The van der Waals surface area contributed by atoms with E-state index in [1.54, 1.807) is 12.1 Å². The van der Waals surface area contributed by atoms with Gasteiger partial charge < -0.3 is 19.7 Å². The SMILES string of the molecule is CC(C)CNC(=O)C(Cc1ccccc1)N(Cc1ccccc1F)C(=O)CN(c1ccc2c(c1)OCCO2)S(C)(=O)=O. The van der Waals surface area contributed by atoms with E-state index in [2.05, 4.69) is 5.32 Å². The van der Waals surface area contributed by atoms with Gasteiger partial charge in [0.05, 0.1) is 11.9 Å². The second-order valence-corrected chi connectivity index (χ2v) is 12.5. The molecular formula is C31H36FN3O6S. The zero-order valence-corrected chi connectivity index (χ0v) is 24.8. The molecule has 1 atom stereocenters. The maximum absolute atomic E-state index is 14.9. The molecule has 11 heteroatoms. The van der Waals surface area contributed by atoms with Crippen molar-refractivity contribution in [2.24, 2.45) is 5.92 Å². The number of benzene rings is 3. The number of sulfonamides is 1. The van der Waals surface area contributed by atoms with E-state index >= 15 is 0 Å². The van der Waals surface area contributed by atoms with Crippen LogP contribution in [0, 0.1) is 11.7 Å². The molecule has 2 amide bonds. The second kappa shape index (κ2) is 13.7. The lowest BCUT2D eigenvalue weighted by atomic mass is 10.0. The summed E-state index contributed by atoms with van der Waals surface area (Å²) >= 11 is 0. The molecule has 0 bridgehead atoms. The smallest absolute Gasteiger partial charge is 0.244 e. The minimum Gasteiger partial charge on any atom is -0.486 e. The molecule has 3 aromatic carbocycles. The molecule has 42 heavy (non-hydrogen) atoms. The molecule has 0 aromatic heterocycles. The van der Waals surface area contributed by atoms with E-state index in [1.807, 2.05) is 44.2 Å². The monoisotopic (exact) mass is 597 g/mol. The first kappa shape index (κ1) is 30.8. The van der Waals surface area contributed by atoms with Crippen molar-refractivity contribution in [3.8, 4) is 11.5 Å². The topological polar surface area (TPSA) is 105 Å². The molecule has 0 saturated heterocycles. The highest BCUT2D eigenvalue weighted by atomic mass is 32.2. The Morgan fingerprint density at radius 3 is 2.29 bits per heavy atom. The molecule has 0 spiro atoms. The Bertz CT molecular complexity index is 1500. The van der Waals surface area contributed by atoms with Gasteiger partial charge in [-0.25, -0.2) is 12.8 Å². The third kappa shape index (κ3) is 8.00. The second-order valence-electron chi connectivity index (χ2n) is 10.6. The number of nitrogens with one attached hydrogen (secondary N) is 1. The highest BCUT2D eigenvalue weighted by Gasteiger charge is 2.33. The lowest BCUT2D eigenvalue weighted by Gasteiger charge is -2.34. The minimum atomic E-state index is -3.97. The van der Waals surface area contributed by atoms with Gasteiger partial charge in [-0.15, -0.1) is 0 Å². The summed E-state index contributed by atoms with van der Waals surface area (Å²) in [7, 11) is -3.97. The Morgan fingerprint density at radius 2 is 1.62 bits per heavy atom. The average molecular weight is 598 g/mol. The highest BCUT2D eigenvalue weighted by Crippen LogP contribution is 2.34. The van der Waals surface area contributed by atoms with Gasteiger partial charge in [0.15, 0.2) is 11.5 Å². The molecule has 0 aliphatic carbocycles. The summed E-state index contributed by atoms with van der Waals surface area (Å²) in [4.78, 5) is 29.0. The number of amides is 2. The molecule has 1 unspecified atom stereocenters. The zero-order valence-electron chi connectivity index (χ0n) is 24.0. The Kier molecular flexibility index (Phi) is 10.1. The first-order chi connectivity index (χ1) is 20.0. The van der Waals surface area contributed by atoms with Crippen LogP contribution in [0.5, 0.6) is 11.5 Å². The van der Waals surface area contributed by atoms with Crippen molar-refractivity contribution in [3.63, 3.8) is 0 Å². The predicted molar refractivity (Wildman–Crippen MR) is 158 cm³/mol. The molecule has 1 aliphatic heterocycles. The fourth-order valence-electron chi connectivity index (χ4n) is 4.59. The zero-order chi connectivity index (χ0) is 30.3. The number of hydrogen-bond donors (Lipinski definition) is 1. The third-order valence-corrected chi connectivity index (χ3v) is 7.89. The van der Waals surface area contributed by atoms with Gasteiger partial charge in [-0.3, -0.25) is 13.9 Å². The van der Waals surface area contributed by atoms with Crippen molar-refractivity contribution >= 4 is 27.5 Å². The number of anilines is 1. The van der Waals surface area contributed by atoms with Crippen LogP contribution in [0.25, 0.3) is 0 Å². The Labute approximate surface area is 246 Å². The van der Waals surface area contributed by atoms with Crippen LogP contribution in [0.1, 0.15) is 25.0 Å². The van der Waals surface area contributed by atoms with E-state index in [-0.39, 0.29) is 30.1 Å². The van der Waals surface area contributed by atoms with Crippen molar-refractivity contribution in [3.05, 3.63) is 89.7 Å². The summed E-state index contributed by atoms with van der Waals surface area (Å²) in [5.74, 6) is -0.642. The summed E-state index contributed by atoms with van der Waals surface area (Å²) in [5.41, 5.74) is 1.19. The summed E-state index contributed by atoms with van der Waals surface area (Å²) in [5, 5.41) is 2.90. The lowest BCUT2D eigenvalue weighted by molar-refractivity contribution is -0.140. The first-order valence-corrected chi connectivity index (χ1v) is 15.6. The molecular weight excluding hydrogens is 561 g/mol. The van der Waals surface area contributed by atoms with Gasteiger partial charge in [-0.05, 0) is 29.7 Å². The number of carbonyl (C=O) groups is 2. The standard InChI is InChI=1S/C31H36FN3O6S/c1-22(2)19-33-31(37)27(17-23-9-5-4-6-10-23)34(20-24-11-7-8-12-26(24)32)30(36)21-35(42(3,38)39)25-13-14-28-29(18-25)41-16-15-40-28/h4-14,18,22,27H,15-17,19-21H2,1-3H3,(H,33,37). The van der Waals surface area contributed by atoms with Crippen molar-refractivity contribution in [2.75, 3.05) is 36.9 Å². The summed E-state index contributed by atoms with van der Waals surface area (Å²) in [6.07, 6.45) is 1.14. The molecule has 1 aliphatic rings. The van der Waals surface area contributed by atoms with Crippen molar-refractivity contribution in [1.29, 1.82) is 0 Å². The van der Waals surface area contributed by atoms with Gasteiger partial charge in [0.1, 0.15) is 31.6 Å². The van der Waals surface area contributed by atoms with Crippen molar-refractivity contribution < 1.29 is 31.9 Å². The Hall–Kier alpha value is -4.12. The van der Waals surface area contributed by atoms with Gasteiger partial charge in [0.25, 0.3) is 0 Å². The number of halogens is 1. The molecule has 0 radical (unpaired) electrons. The molecule has 1 N–H and O–H groups in total. The predicted octanol–water partition coefficient (Wildman–Crippen LogP) is 3.78. The van der Waals surface area contributed by atoms with E-state index in [1.165, 1.54) is 35.2 Å². The van der Waals surface area contributed by atoms with Gasteiger partial charge in [0, 0.05) is 31.1 Å². The molecule has 0 saturated carbocycles. The number of ether oxygens (including phenoxy) is 2. The van der Waals surface area contributed by atoms with Crippen LogP contribution in [-0.2, 0) is 32.6 Å². The highest BCUT2D eigenvalue weighted by molar-refractivity contribution is 7.92. The quantitative estimate of drug-likeness (QED) is 0.341. The third-order valence-electron chi connectivity index (χ3n) is 6.75. The van der Waals surface area contributed by atoms with Crippen LogP contribution in [0.15, 0.2) is 72.8 Å². The minimum absolute atomic E-state index is 0.147. The molecule has 3 aromatic rings. The van der Waals surface area contributed by atoms with Crippen LogP contribution in [-0.4, -0.2) is 63.7 Å². The average Bonchev–Trinajstić information content (AvgIpc) is 2.97. The number of hydrogen-bond acceptors (Lipinski definition) is 6. The molecule has 224 valence electrons. The fourth-order valence-corrected chi connectivity index (χ4v) is 5.43. The Balaban J connectivity index is 1.73. The maximum atomic E-state index is 14.9. The van der Waals surface area contributed by atoms with E-state index in [9.17, 15) is 22.4 Å². The van der Waals surface area contributed by atoms with Crippen LogP contribution in [0.2, 0.25) is 0 Å². The molecule has 4 rings (SSSR count). The first-order valence-electron chi connectivity index (χ1n) is 13.7. The normalized spacial score (nSPS) is 13.4. The van der Waals surface area contributed by atoms with Crippen LogP contribution in [0.4, 0.5) is 10.1 Å². The van der Waals surface area contributed by atoms with Gasteiger partial charge in [0.2, 0.25) is 21.8 Å². The van der Waals surface area contributed by atoms with E-state index < -0.39 is 40.2 Å². The van der Waals surface area contributed by atoms with E-state index in [4.69, 9.17) is 9.47 Å². The van der Waals surface area contributed by atoms with Crippen LogP contribution in [0.3, 0.4) is 0 Å². The number of rotatable bonds is 12. The van der Waals surface area contributed by atoms with Crippen LogP contribution < -0.4 is 19.1 Å². The van der Waals surface area contributed by atoms with Gasteiger partial charge in [-0.2, -0.15) is 0 Å². The largest absolute Gasteiger partial charge is 0.486 e. The van der Waals surface area contributed by atoms with E-state index in [0.717, 1.165) is 16.1 Å². The summed E-state index contributed by atoms with van der Waals surface area (Å²) < 4.78 is 53.0. The summed E-state index contributed by atoms with van der Waals surface area (Å²) in [6.45, 7) is 4.09. The fraction of sp³-hybridized carbons (Fsp3) is 0.355. The van der Waals surface area contributed by atoms with Gasteiger partial charge >= 0.3 is 0 Å². The molecule has 1 heterocycles. The molecule has 0 fully saturated rings. The van der Waals surface area contributed by atoms with Gasteiger partial charge in [-0.1, -0.05) is 62.4 Å². The number of nitrogens with zero attached hydrogens (tertiary/aromatic N) is 2. The van der Waals surface area contributed by atoms with Crippen LogP contribution >= 0.6 is 0 Å². The van der Waals surface area contributed by atoms with E-state index in [0.29, 0.717) is 31.3 Å². The Morgan fingerprint density at radius 1 is 0.952 bits per heavy atom. The molecule has 9 nitrogen and oxygen atoms in total. The summed E-state index contributed by atoms with van der Waals surface area (Å²) in [6, 6.07) is 18.7. The number of carbonyl (C=O) groups excluding carboxylic acids is 2.